The molecule has 0 spiro atoms. The highest BCUT2D eigenvalue weighted by Crippen LogP contribution is 2.38. The number of nitrogen functional groups attached to an aromatic ring is 1. The van der Waals surface area contributed by atoms with Crippen molar-refractivity contribution >= 4 is 52.5 Å². The standard InChI is InChI=1S/C28H28N6O3.C25H24N6O2/c1-2-24(36)32-15-6-7-20(17-32)34-27-25(28-30-23(35)14-16-33(28)18-29-27)26(31-34)19-10-12-22(13-11-19)37-21-8-4-3-5-9-21;1-2-21(32)30-14-6-7-18(15-30)31-25-22(24(26)27-16-28-25)23(29-31)17-10-12-20(13-11-17)33-19-8-4-3-5-9-19/h2-5,8-13,18,20,25,27H,1,6-7,14-17H2;2-5,8-13,16,18H,1,6-7,14-15H2,(H2,26,27,28)/t20-,25?,27?;18-/m11/s1. The fraction of sp³-hybridized carbons (Fsp3) is 0.264. The summed E-state index contributed by atoms with van der Waals surface area (Å²) in [5.41, 5.74) is 10.3. The zero-order valence-corrected chi connectivity index (χ0v) is 38.5. The Bertz CT molecular complexity index is 3010. The van der Waals surface area contributed by atoms with Crippen molar-refractivity contribution in [1.82, 2.24) is 39.5 Å². The van der Waals surface area contributed by atoms with E-state index in [0.29, 0.717) is 67.5 Å². The molecule has 2 unspecified atom stereocenters. The van der Waals surface area contributed by atoms with E-state index in [1.54, 1.807) is 11.2 Å². The Kier molecular flexibility index (Phi) is 13.0. The van der Waals surface area contributed by atoms with E-state index in [1.165, 1.54) is 18.5 Å². The van der Waals surface area contributed by atoms with Crippen molar-refractivity contribution in [3.63, 3.8) is 0 Å². The van der Waals surface area contributed by atoms with Crippen LogP contribution in [0.3, 0.4) is 0 Å². The van der Waals surface area contributed by atoms with Gasteiger partial charge in [0, 0.05) is 44.7 Å². The number of aromatic nitrogens is 4. The second-order valence-electron chi connectivity index (χ2n) is 17.5. The molecule has 17 heteroatoms. The molecule has 0 bridgehead atoms. The summed E-state index contributed by atoms with van der Waals surface area (Å²) in [4.78, 5) is 60.4. The lowest BCUT2D eigenvalue weighted by Crippen LogP contribution is -2.55. The highest BCUT2D eigenvalue weighted by molar-refractivity contribution is 6.20. The number of likely N-dealkylation sites (tertiary alicyclic amines) is 2. The van der Waals surface area contributed by atoms with E-state index in [2.05, 4.69) is 28.1 Å². The summed E-state index contributed by atoms with van der Waals surface area (Å²) in [6, 6.07) is 34.8. The summed E-state index contributed by atoms with van der Waals surface area (Å²) in [6.45, 7) is 10.3. The molecule has 11 rings (SSSR count). The van der Waals surface area contributed by atoms with Crippen molar-refractivity contribution in [1.29, 1.82) is 0 Å². The number of carbonyl (C=O) groups excluding carboxylic acids is 3. The molecule has 4 aromatic carbocycles. The number of para-hydroxylation sites is 2. The predicted octanol–water partition coefficient (Wildman–Crippen LogP) is 7.51. The third-order valence-electron chi connectivity index (χ3n) is 13.1. The monoisotopic (exact) mass is 936 g/mol. The van der Waals surface area contributed by atoms with Gasteiger partial charge >= 0.3 is 0 Å². The number of ether oxygens (including phenoxy) is 2. The van der Waals surface area contributed by atoms with Crippen molar-refractivity contribution in [2.24, 2.45) is 21.0 Å². The summed E-state index contributed by atoms with van der Waals surface area (Å²) in [6.07, 6.45) is 9.55. The molecular weight excluding hydrogens is 885 g/mol. The van der Waals surface area contributed by atoms with Crippen LogP contribution in [0.25, 0.3) is 22.3 Å². The molecule has 354 valence electrons. The van der Waals surface area contributed by atoms with Crippen molar-refractivity contribution in [2.75, 3.05) is 38.5 Å². The maximum Gasteiger partial charge on any atom is 0.249 e. The van der Waals surface area contributed by atoms with Crippen LogP contribution in [0, 0.1) is 5.92 Å². The predicted molar refractivity (Wildman–Crippen MR) is 267 cm³/mol. The minimum Gasteiger partial charge on any atom is -0.457 e. The molecule has 3 amide bonds. The number of amidine groups is 1. The smallest absolute Gasteiger partial charge is 0.249 e. The van der Waals surface area contributed by atoms with Gasteiger partial charge in [0.15, 0.2) is 11.8 Å². The van der Waals surface area contributed by atoms with Crippen molar-refractivity contribution in [3.05, 3.63) is 146 Å². The van der Waals surface area contributed by atoms with E-state index in [0.717, 1.165) is 65.5 Å². The molecule has 0 aliphatic carbocycles. The zero-order valence-electron chi connectivity index (χ0n) is 38.5. The molecule has 5 aliphatic rings. The number of aliphatic imine (C=N–C) groups is 2. The SMILES string of the molecule is C=CC(=O)N1CCC[C@@H](N2N=C(c3ccc(Oc4ccccc4)cc3)C3C4=NC(=O)CCN4C=NC32)C1.C=CC(=O)N1CCC[C@@H](n2nc(-c3ccc(Oc4ccccc4)cc3)c3c(N)ncnc32)C1. The minimum atomic E-state index is -0.320. The lowest BCUT2D eigenvalue weighted by Gasteiger charge is -2.41. The van der Waals surface area contributed by atoms with Crippen molar-refractivity contribution in [3.8, 4) is 34.3 Å². The minimum absolute atomic E-state index is 0.00566. The summed E-state index contributed by atoms with van der Waals surface area (Å²) < 4.78 is 13.8. The molecule has 4 atom stereocenters. The van der Waals surface area contributed by atoms with Crippen molar-refractivity contribution in [2.45, 2.75) is 50.4 Å². The van der Waals surface area contributed by atoms with Crippen LogP contribution in [0.5, 0.6) is 23.0 Å². The molecule has 0 saturated carbocycles. The highest BCUT2D eigenvalue weighted by Gasteiger charge is 2.48. The Labute approximate surface area is 404 Å². The Morgan fingerprint density at radius 3 is 1.89 bits per heavy atom. The van der Waals surface area contributed by atoms with Crippen LogP contribution in [0.15, 0.2) is 156 Å². The second kappa shape index (κ2) is 20.0. The number of hydrogen-bond acceptors (Lipinski definition) is 13. The van der Waals surface area contributed by atoms with E-state index < -0.39 is 0 Å². The van der Waals surface area contributed by atoms with Crippen LogP contribution >= 0.6 is 0 Å². The summed E-state index contributed by atoms with van der Waals surface area (Å²) in [7, 11) is 0. The number of carbonyl (C=O) groups is 3. The topological polar surface area (TPSA) is 189 Å². The molecular formula is C53H52N12O5. The normalized spacial score (nSPS) is 20.6. The number of nitrogens with two attached hydrogens (primary N) is 1. The van der Waals surface area contributed by atoms with Crippen LogP contribution in [0.2, 0.25) is 0 Å². The van der Waals surface area contributed by atoms with E-state index in [9.17, 15) is 14.4 Å². The first-order valence-electron chi connectivity index (χ1n) is 23.5. The number of fused-ring (bicyclic) bond motifs is 4. The van der Waals surface area contributed by atoms with Gasteiger partial charge in [-0.3, -0.25) is 19.4 Å². The second-order valence-corrected chi connectivity index (χ2v) is 17.5. The number of benzene rings is 4. The molecule has 2 aromatic heterocycles. The maximum absolute atomic E-state index is 12.3. The largest absolute Gasteiger partial charge is 0.457 e. The van der Waals surface area contributed by atoms with Crippen LogP contribution in [0.1, 0.15) is 43.7 Å². The Morgan fingerprint density at radius 2 is 1.27 bits per heavy atom. The Hall–Kier alpha value is -8.47. The van der Waals surface area contributed by atoms with Gasteiger partial charge < -0.3 is 29.9 Å². The maximum atomic E-state index is 12.3. The average Bonchev–Trinajstić information content (AvgIpc) is 4.00. The molecule has 2 fully saturated rings. The number of nitrogens with zero attached hydrogens (tertiary/aromatic N) is 11. The molecule has 0 radical (unpaired) electrons. The number of hydrazone groups is 1. The van der Waals surface area contributed by atoms with Gasteiger partial charge in [0.25, 0.3) is 0 Å². The zero-order chi connectivity index (χ0) is 48.1. The van der Waals surface area contributed by atoms with E-state index in [1.807, 2.05) is 129 Å². The van der Waals surface area contributed by atoms with Gasteiger partial charge in [0.05, 0.1) is 29.5 Å². The van der Waals surface area contributed by atoms with Gasteiger partial charge in [0.2, 0.25) is 17.7 Å². The number of rotatable bonds is 10. The fourth-order valence-electron chi connectivity index (χ4n) is 9.64. The third-order valence-corrected chi connectivity index (χ3v) is 13.1. The quantitative estimate of drug-likeness (QED) is 0.134. The van der Waals surface area contributed by atoms with Crippen LogP contribution in [-0.4, -0.2) is 120 Å². The van der Waals surface area contributed by atoms with Gasteiger partial charge in [-0.05, 0) is 116 Å². The third kappa shape index (κ3) is 9.37. The van der Waals surface area contributed by atoms with E-state index in [-0.39, 0.29) is 41.9 Å². The number of amides is 3. The van der Waals surface area contributed by atoms with E-state index >= 15 is 0 Å². The molecule has 2 saturated heterocycles. The summed E-state index contributed by atoms with van der Waals surface area (Å²) in [5, 5.41) is 12.7. The van der Waals surface area contributed by atoms with E-state index in [4.69, 9.17) is 30.4 Å². The van der Waals surface area contributed by atoms with Gasteiger partial charge in [-0.1, -0.05) is 49.6 Å². The Balaban J connectivity index is 0.000000163. The molecule has 6 aromatic rings. The van der Waals surface area contributed by atoms with Crippen LogP contribution in [0.4, 0.5) is 5.82 Å². The van der Waals surface area contributed by atoms with Crippen LogP contribution in [-0.2, 0) is 14.4 Å². The molecule has 17 nitrogen and oxygen atoms in total. The first-order valence-corrected chi connectivity index (χ1v) is 23.5. The Morgan fingerprint density at radius 1 is 0.700 bits per heavy atom. The van der Waals surface area contributed by atoms with Gasteiger partial charge in [-0.25, -0.2) is 19.6 Å². The average molecular weight is 937 g/mol. The summed E-state index contributed by atoms with van der Waals surface area (Å²) in [5.74, 6) is 3.52. The van der Waals surface area contributed by atoms with Gasteiger partial charge in [-0.15, -0.1) is 0 Å². The van der Waals surface area contributed by atoms with Crippen molar-refractivity contribution < 1.29 is 23.9 Å². The fourth-order valence-corrected chi connectivity index (χ4v) is 9.64. The number of piperidine rings is 2. The molecule has 7 heterocycles. The van der Waals surface area contributed by atoms with Gasteiger partial charge in [0.1, 0.15) is 52.6 Å². The molecule has 2 N–H and O–H groups in total. The molecule has 70 heavy (non-hydrogen) atoms. The number of anilines is 1. The lowest BCUT2D eigenvalue weighted by atomic mass is 9.91. The van der Waals surface area contributed by atoms with Gasteiger partial charge in [-0.2, -0.15) is 15.2 Å². The lowest BCUT2D eigenvalue weighted by molar-refractivity contribution is -0.128. The number of hydrogen-bond donors (Lipinski definition) is 1. The molecule has 5 aliphatic heterocycles. The first kappa shape index (κ1) is 45.3. The first-order chi connectivity index (χ1) is 34.2. The van der Waals surface area contributed by atoms with Crippen LogP contribution < -0.4 is 15.2 Å². The highest BCUT2D eigenvalue weighted by atomic mass is 16.5. The summed E-state index contributed by atoms with van der Waals surface area (Å²) >= 11 is 0.